The molecule has 2 unspecified atom stereocenters. The Hall–Kier alpha value is -0.200. The molecule has 0 saturated carbocycles. The molecule has 56 valence electrons. The summed E-state index contributed by atoms with van der Waals surface area (Å²) in [6.07, 6.45) is -1.14. The lowest BCUT2D eigenvalue weighted by Gasteiger charge is -2.16. The van der Waals surface area contributed by atoms with Gasteiger partial charge in [-0.25, -0.2) is 5.32 Å². The van der Waals surface area contributed by atoms with Gasteiger partial charge in [0.15, 0.2) is 12.7 Å². The van der Waals surface area contributed by atoms with E-state index >= 15 is 0 Å². The average Bonchev–Trinajstić information content (AvgIpc) is 1.87. The second kappa shape index (κ2) is 4.66. The van der Waals surface area contributed by atoms with Crippen LogP contribution in [0.25, 0.3) is 0 Å². The third-order valence-electron chi connectivity index (χ3n) is 0.836. The minimum atomic E-state index is -0.569. The number of methoxy groups -OCH3 is 2. The minimum absolute atomic E-state index is 0.569. The first-order chi connectivity index (χ1) is 4.20. The van der Waals surface area contributed by atoms with Gasteiger partial charge in [0.1, 0.15) is 0 Å². The Kier molecular flexibility index (Phi) is 4.55. The van der Waals surface area contributed by atoms with E-state index < -0.39 is 12.7 Å². The first-order valence-corrected chi connectivity index (χ1v) is 2.53. The molecule has 2 atom stereocenters. The summed E-state index contributed by atoms with van der Waals surface area (Å²) in [5, 5.41) is 2.59. The summed E-state index contributed by atoms with van der Waals surface area (Å²) in [6, 6.07) is 0. The van der Waals surface area contributed by atoms with Gasteiger partial charge in [-0.15, -0.1) is 0 Å². The molecule has 0 heterocycles. The zero-order chi connectivity index (χ0) is 7.28. The Morgan fingerprint density at radius 2 is 1.44 bits per heavy atom. The number of hydrogen-bond donors (Lipinski definition) is 3. The van der Waals surface area contributed by atoms with Crippen molar-refractivity contribution in [3.8, 4) is 0 Å². The molecule has 5 heteroatoms. The van der Waals surface area contributed by atoms with Gasteiger partial charge in [-0.2, -0.15) is 0 Å². The molecule has 0 bridgehead atoms. The third-order valence-corrected chi connectivity index (χ3v) is 0.836. The molecule has 0 aliphatic carbocycles. The van der Waals surface area contributed by atoms with Crippen LogP contribution in [0, 0.1) is 0 Å². The molecule has 0 fully saturated rings. The van der Waals surface area contributed by atoms with Crippen molar-refractivity contribution in [3.63, 3.8) is 0 Å². The van der Waals surface area contributed by atoms with Crippen molar-refractivity contribution in [3.05, 3.63) is 0 Å². The monoisotopic (exact) mass is 135 g/mol. The molecule has 0 rings (SSSR count). The van der Waals surface area contributed by atoms with Gasteiger partial charge in [0, 0.05) is 14.2 Å². The van der Waals surface area contributed by atoms with Crippen molar-refractivity contribution >= 4 is 0 Å². The molecule has 0 aromatic carbocycles. The summed E-state index contributed by atoms with van der Waals surface area (Å²) in [5.74, 6) is 0. The van der Waals surface area contributed by atoms with Crippen LogP contribution in [0.3, 0.4) is 0 Å². The molecule has 0 aliphatic heterocycles. The van der Waals surface area contributed by atoms with Crippen LogP contribution in [-0.4, -0.2) is 26.9 Å². The largest absolute Gasteiger partial charge is 0.353 e. The molecule has 0 saturated heterocycles. The fourth-order valence-electron chi connectivity index (χ4n) is 0.298. The smallest absolute Gasteiger partial charge is 0.163 e. The van der Waals surface area contributed by atoms with E-state index in [0.29, 0.717) is 0 Å². The molecular formula is C4H13N3O2. The second-order valence-corrected chi connectivity index (χ2v) is 1.48. The van der Waals surface area contributed by atoms with Crippen LogP contribution in [-0.2, 0) is 9.47 Å². The van der Waals surface area contributed by atoms with E-state index in [4.69, 9.17) is 11.5 Å². The van der Waals surface area contributed by atoms with Crippen LogP contribution in [0.5, 0.6) is 0 Å². The molecule has 0 amide bonds. The maximum absolute atomic E-state index is 5.26. The highest BCUT2D eigenvalue weighted by molar-refractivity contribution is 4.44. The van der Waals surface area contributed by atoms with Crippen LogP contribution in [0.15, 0.2) is 0 Å². The molecule has 0 radical (unpaired) electrons. The fraction of sp³-hybridized carbons (Fsp3) is 1.00. The van der Waals surface area contributed by atoms with E-state index in [2.05, 4.69) is 14.8 Å². The predicted molar refractivity (Wildman–Crippen MR) is 33.1 cm³/mol. The summed E-state index contributed by atoms with van der Waals surface area (Å²) in [6.45, 7) is 0. The Balaban J connectivity index is 3.22. The lowest BCUT2D eigenvalue weighted by atomic mass is 10.8. The van der Waals surface area contributed by atoms with Crippen LogP contribution in [0.2, 0.25) is 0 Å². The lowest BCUT2D eigenvalue weighted by Crippen LogP contribution is -2.50. The van der Waals surface area contributed by atoms with Gasteiger partial charge in [0.25, 0.3) is 0 Å². The molecule has 5 N–H and O–H groups in total. The van der Waals surface area contributed by atoms with E-state index in [1.54, 1.807) is 0 Å². The second-order valence-electron chi connectivity index (χ2n) is 1.48. The predicted octanol–water partition coefficient (Wildman–Crippen LogP) is -1.65. The van der Waals surface area contributed by atoms with Crippen molar-refractivity contribution in [1.29, 1.82) is 0 Å². The highest BCUT2D eigenvalue weighted by atomic mass is 16.5. The van der Waals surface area contributed by atoms with Gasteiger partial charge < -0.3 is 9.47 Å². The first-order valence-electron chi connectivity index (χ1n) is 2.53. The van der Waals surface area contributed by atoms with Gasteiger partial charge in [-0.05, 0) is 0 Å². The maximum Gasteiger partial charge on any atom is 0.163 e. The number of hydrogen-bond acceptors (Lipinski definition) is 5. The number of ether oxygens (including phenoxy) is 2. The highest BCUT2D eigenvalue weighted by Gasteiger charge is 2.02. The standard InChI is InChI=1S/C4H13N3O2/c1-8-3(5)7-4(6)9-2/h3-4,7H,5-6H2,1-2H3. The zero-order valence-corrected chi connectivity index (χ0v) is 5.63. The molecule has 0 aromatic rings. The molecule has 9 heavy (non-hydrogen) atoms. The SMILES string of the molecule is COC(N)NC(N)OC. The molecule has 0 aromatic heterocycles. The van der Waals surface area contributed by atoms with Gasteiger partial charge in [0.2, 0.25) is 0 Å². The summed E-state index contributed by atoms with van der Waals surface area (Å²) in [7, 11) is 2.94. The van der Waals surface area contributed by atoms with Crippen molar-refractivity contribution in [2.24, 2.45) is 11.5 Å². The van der Waals surface area contributed by atoms with Crippen molar-refractivity contribution in [2.75, 3.05) is 14.2 Å². The lowest BCUT2D eigenvalue weighted by molar-refractivity contribution is -0.00335. The van der Waals surface area contributed by atoms with Crippen molar-refractivity contribution in [2.45, 2.75) is 12.7 Å². The normalized spacial score (nSPS) is 17.3. The van der Waals surface area contributed by atoms with E-state index in [0.717, 1.165) is 0 Å². The van der Waals surface area contributed by atoms with E-state index in [1.807, 2.05) is 0 Å². The summed E-state index contributed by atoms with van der Waals surface area (Å²) in [4.78, 5) is 0. The molecule has 0 aliphatic rings. The fourth-order valence-corrected chi connectivity index (χ4v) is 0.298. The average molecular weight is 135 g/mol. The zero-order valence-electron chi connectivity index (χ0n) is 5.63. The number of rotatable bonds is 4. The van der Waals surface area contributed by atoms with Crippen LogP contribution < -0.4 is 16.8 Å². The highest BCUT2D eigenvalue weighted by Crippen LogP contribution is 1.75. The Morgan fingerprint density at radius 3 is 1.67 bits per heavy atom. The third kappa shape index (κ3) is 4.31. The molecule has 5 nitrogen and oxygen atoms in total. The maximum atomic E-state index is 5.26. The number of nitrogens with two attached hydrogens (primary N) is 2. The van der Waals surface area contributed by atoms with Gasteiger partial charge in [-0.1, -0.05) is 0 Å². The van der Waals surface area contributed by atoms with Crippen LogP contribution in [0.1, 0.15) is 0 Å². The van der Waals surface area contributed by atoms with Crippen molar-refractivity contribution < 1.29 is 9.47 Å². The first kappa shape index (κ1) is 8.80. The van der Waals surface area contributed by atoms with E-state index in [-0.39, 0.29) is 0 Å². The number of nitrogens with one attached hydrogen (secondary N) is 1. The van der Waals surface area contributed by atoms with Crippen LogP contribution in [0.4, 0.5) is 0 Å². The topological polar surface area (TPSA) is 82.5 Å². The van der Waals surface area contributed by atoms with E-state index in [9.17, 15) is 0 Å². The Morgan fingerprint density at radius 1 is 1.11 bits per heavy atom. The van der Waals surface area contributed by atoms with Gasteiger partial charge in [-0.3, -0.25) is 11.5 Å². The molecule has 0 spiro atoms. The Bertz CT molecular complexity index is 62.8. The Labute approximate surface area is 54.3 Å². The quantitative estimate of drug-likeness (QED) is 0.402. The van der Waals surface area contributed by atoms with Gasteiger partial charge >= 0.3 is 0 Å². The van der Waals surface area contributed by atoms with Crippen LogP contribution >= 0.6 is 0 Å². The molecular weight excluding hydrogens is 122 g/mol. The van der Waals surface area contributed by atoms with E-state index in [1.165, 1.54) is 14.2 Å². The minimum Gasteiger partial charge on any atom is -0.353 e. The summed E-state index contributed by atoms with van der Waals surface area (Å²) >= 11 is 0. The summed E-state index contributed by atoms with van der Waals surface area (Å²) in [5.41, 5.74) is 10.5. The summed E-state index contributed by atoms with van der Waals surface area (Å²) < 4.78 is 9.26. The van der Waals surface area contributed by atoms with Gasteiger partial charge in [0.05, 0.1) is 0 Å². The van der Waals surface area contributed by atoms with Crippen molar-refractivity contribution in [1.82, 2.24) is 5.32 Å².